The summed E-state index contributed by atoms with van der Waals surface area (Å²) in [5.41, 5.74) is 3.62. The quantitative estimate of drug-likeness (QED) is 0.412. The summed E-state index contributed by atoms with van der Waals surface area (Å²) in [6.45, 7) is 0.363. The van der Waals surface area contributed by atoms with E-state index in [0.717, 1.165) is 22.5 Å². The molecule has 2 aromatic heterocycles. The number of carbonyl (C=O) groups is 1. The molecular weight excluding hydrogens is 404 g/mol. The Balaban J connectivity index is 1.22. The molecule has 0 aliphatic rings. The lowest BCUT2D eigenvalue weighted by atomic mass is 10.1. The lowest BCUT2D eigenvalue weighted by Gasteiger charge is -2.08. The number of aromatic nitrogens is 3. The SMILES string of the molecule is Cn1ccnc1COc1ccc(C(=O)Nc2ccc(-c3nc4ccccc4o3)cc2)cc1. The Morgan fingerprint density at radius 3 is 2.53 bits per heavy atom. The number of anilines is 1. The number of hydrogen-bond acceptors (Lipinski definition) is 5. The Kier molecular flexibility index (Phi) is 5.13. The summed E-state index contributed by atoms with van der Waals surface area (Å²) in [5.74, 6) is 1.85. The third-order valence-electron chi connectivity index (χ3n) is 5.09. The van der Waals surface area contributed by atoms with Crippen LogP contribution < -0.4 is 10.1 Å². The van der Waals surface area contributed by atoms with Crippen molar-refractivity contribution >= 4 is 22.7 Å². The number of para-hydroxylation sites is 2. The van der Waals surface area contributed by atoms with Crippen LogP contribution in [0, 0.1) is 0 Å². The number of oxazole rings is 1. The summed E-state index contributed by atoms with van der Waals surface area (Å²) in [6.07, 6.45) is 3.59. The third kappa shape index (κ3) is 4.09. The van der Waals surface area contributed by atoms with Gasteiger partial charge in [0.1, 0.15) is 23.7 Å². The normalized spacial score (nSPS) is 10.9. The maximum atomic E-state index is 12.6. The van der Waals surface area contributed by atoms with E-state index in [-0.39, 0.29) is 5.91 Å². The standard InChI is InChI=1S/C25H20N4O3/c1-29-15-14-26-23(29)16-31-20-12-8-17(9-13-20)24(30)27-19-10-6-18(7-11-19)25-28-21-4-2-3-5-22(21)32-25/h2-15H,16H2,1H3,(H,27,30). The minimum atomic E-state index is -0.199. The van der Waals surface area contributed by atoms with Gasteiger partial charge in [0, 0.05) is 36.3 Å². The molecule has 2 heterocycles. The highest BCUT2D eigenvalue weighted by molar-refractivity contribution is 6.04. The fraction of sp³-hybridized carbons (Fsp3) is 0.0800. The Morgan fingerprint density at radius 1 is 1.03 bits per heavy atom. The van der Waals surface area contributed by atoms with Gasteiger partial charge in [-0.1, -0.05) is 12.1 Å². The van der Waals surface area contributed by atoms with Gasteiger partial charge in [-0.2, -0.15) is 0 Å². The zero-order valence-electron chi connectivity index (χ0n) is 17.4. The van der Waals surface area contributed by atoms with Crippen molar-refractivity contribution in [3.8, 4) is 17.2 Å². The number of rotatable bonds is 6. The molecule has 5 aromatic rings. The zero-order chi connectivity index (χ0) is 21.9. The molecule has 0 saturated heterocycles. The Morgan fingerprint density at radius 2 is 1.81 bits per heavy atom. The van der Waals surface area contributed by atoms with Crippen LogP contribution in [0.2, 0.25) is 0 Å². The van der Waals surface area contributed by atoms with Crippen molar-refractivity contribution in [1.82, 2.24) is 14.5 Å². The van der Waals surface area contributed by atoms with Crippen molar-refractivity contribution in [3.63, 3.8) is 0 Å². The van der Waals surface area contributed by atoms with Crippen molar-refractivity contribution in [1.29, 1.82) is 0 Å². The number of hydrogen-bond donors (Lipinski definition) is 1. The van der Waals surface area contributed by atoms with Crippen LogP contribution >= 0.6 is 0 Å². The molecule has 0 saturated carbocycles. The van der Waals surface area contributed by atoms with Crippen LogP contribution in [0.3, 0.4) is 0 Å². The fourth-order valence-corrected chi connectivity index (χ4v) is 3.28. The van der Waals surface area contributed by atoms with Gasteiger partial charge in [0.2, 0.25) is 5.89 Å². The summed E-state index contributed by atoms with van der Waals surface area (Å²) in [5, 5.41) is 2.90. The van der Waals surface area contributed by atoms with Crippen LogP contribution in [0.15, 0.2) is 89.6 Å². The molecule has 0 aliphatic carbocycles. The van der Waals surface area contributed by atoms with E-state index < -0.39 is 0 Å². The molecular formula is C25H20N4O3. The molecule has 0 atom stereocenters. The number of aryl methyl sites for hydroxylation is 1. The van der Waals surface area contributed by atoms with E-state index in [1.54, 1.807) is 30.5 Å². The molecule has 0 spiro atoms. The minimum absolute atomic E-state index is 0.199. The molecule has 5 rings (SSSR count). The van der Waals surface area contributed by atoms with Crippen molar-refractivity contribution in [2.24, 2.45) is 7.05 Å². The molecule has 0 fully saturated rings. The largest absolute Gasteiger partial charge is 0.486 e. The highest BCUT2D eigenvalue weighted by Gasteiger charge is 2.10. The van der Waals surface area contributed by atoms with E-state index in [9.17, 15) is 4.79 Å². The molecule has 0 radical (unpaired) electrons. The summed E-state index contributed by atoms with van der Waals surface area (Å²) in [6, 6.07) is 22.0. The maximum absolute atomic E-state index is 12.6. The number of imidazole rings is 1. The smallest absolute Gasteiger partial charge is 0.255 e. The van der Waals surface area contributed by atoms with Crippen molar-refractivity contribution in [2.75, 3.05) is 5.32 Å². The van der Waals surface area contributed by atoms with Crippen molar-refractivity contribution in [2.45, 2.75) is 6.61 Å². The summed E-state index contributed by atoms with van der Waals surface area (Å²) < 4.78 is 13.4. The number of nitrogens with one attached hydrogen (secondary N) is 1. The lowest BCUT2D eigenvalue weighted by molar-refractivity contribution is 0.102. The number of benzene rings is 3. The lowest BCUT2D eigenvalue weighted by Crippen LogP contribution is -2.11. The fourth-order valence-electron chi connectivity index (χ4n) is 3.28. The number of ether oxygens (including phenoxy) is 1. The molecule has 32 heavy (non-hydrogen) atoms. The van der Waals surface area contributed by atoms with Crippen LogP contribution in [-0.4, -0.2) is 20.4 Å². The first kappa shape index (κ1) is 19.6. The van der Waals surface area contributed by atoms with E-state index in [1.807, 2.05) is 66.3 Å². The van der Waals surface area contributed by atoms with Crippen LogP contribution in [0.25, 0.3) is 22.6 Å². The second-order valence-corrected chi connectivity index (χ2v) is 7.29. The minimum Gasteiger partial charge on any atom is -0.486 e. The van der Waals surface area contributed by atoms with Crippen LogP contribution in [0.5, 0.6) is 5.75 Å². The molecule has 3 aromatic carbocycles. The second kappa shape index (κ2) is 8.39. The first-order valence-electron chi connectivity index (χ1n) is 10.1. The number of fused-ring (bicyclic) bond motifs is 1. The predicted octanol–water partition coefficient (Wildman–Crippen LogP) is 5.06. The molecule has 1 N–H and O–H groups in total. The van der Waals surface area contributed by atoms with Gasteiger partial charge in [0.15, 0.2) is 5.58 Å². The van der Waals surface area contributed by atoms with E-state index in [2.05, 4.69) is 15.3 Å². The van der Waals surface area contributed by atoms with E-state index in [1.165, 1.54) is 0 Å². The van der Waals surface area contributed by atoms with E-state index in [0.29, 0.717) is 29.5 Å². The maximum Gasteiger partial charge on any atom is 0.255 e. The number of amides is 1. The van der Waals surface area contributed by atoms with Gasteiger partial charge < -0.3 is 19.0 Å². The van der Waals surface area contributed by atoms with Gasteiger partial charge in [-0.25, -0.2) is 9.97 Å². The molecule has 1 amide bonds. The summed E-state index contributed by atoms with van der Waals surface area (Å²) in [7, 11) is 1.92. The van der Waals surface area contributed by atoms with Crippen molar-refractivity contribution in [3.05, 3.63) is 96.6 Å². The first-order valence-corrected chi connectivity index (χ1v) is 10.1. The summed E-state index contributed by atoms with van der Waals surface area (Å²) in [4.78, 5) is 21.3. The number of nitrogens with zero attached hydrogens (tertiary/aromatic N) is 3. The average molecular weight is 424 g/mol. The van der Waals surface area contributed by atoms with Crippen LogP contribution in [0.4, 0.5) is 5.69 Å². The average Bonchev–Trinajstić information content (AvgIpc) is 3.44. The Labute approximate surface area is 184 Å². The molecule has 7 heteroatoms. The summed E-state index contributed by atoms with van der Waals surface area (Å²) >= 11 is 0. The second-order valence-electron chi connectivity index (χ2n) is 7.29. The topological polar surface area (TPSA) is 82.2 Å². The van der Waals surface area contributed by atoms with Crippen LogP contribution in [0.1, 0.15) is 16.2 Å². The highest BCUT2D eigenvalue weighted by atomic mass is 16.5. The number of carbonyl (C=O) groups excluding carboxylic acids is 1. The zero-order valence-corrected chi connectivity index (χ0v) is 17.4. The van der Waals surface area contributed by atoms with Gasteiger partial charge in [-0.15, -0.1) is 0 Å². The molecule has 7 nitrogen and oxygen atoms in total. The third-order valence-corrected chi connectivity index (χ3v) is 5.09. The van der Waals surface area contributed by atoms with Gasteiger partial charge >= 0.3 is 0 Å². The monoisotopic (exact) mass is 424 g/mol. The van der Waals surface area contributed by atoms with Gasteiger partial charge in [-0.3, -0.25) is 4.79 Å². The van der Waals surface area contributed by atoms with Crippen LogP contribution in [-0.2, 0) is 13.7 Å². The van der Waals surface area contributed by atoms with E-state index in [4.69, 9.17) is 9.15 Å². The van der Waals surface area contributed by atoms with E-state index >= 15 is 0 Å². The van der Waals surface area contributed by atoms with Gasteiger partial charge in [-0.05, 0) is 60.7 Å². The Hall–Kier alpha value is -4.39. The van der Waals surface area contributed by atoms with Gasteiger partial charge in [0.05, 0.1) is 0 Å². The molecule has 0 unspecified atom stereocenters. The first-order chi connectivity index (χ1) is 15.7. The van der Waals surface area contributed by atoms with Crippen molar-refractivity contribution < 1.29 is 13.9 Å². The highest BCUT2D eigenvalue weighted by Crippen LogP contribution is 2.25. The molecule has 0 bridgehead atoms. The molecule has 0 aliphatic heterocycles. The Bertz CT molecular complexity index is 1340. The van der Waals surface area contributed by atoms with Gasteiger partial charge in [0.25, 0.3) is 5.91 Å². The predicted molar refractivity (Wildman–Crippen MR) is 121 cm³/mol. The molecule has 158 valence electrons.